The third-order valence-electron chi connectivity index (χ3n) is 4.89. The van der Waals surface area contributed by atoms with E-state index in [4.69, 9.17) is 19.3 Å². The summed E-state index contributed by atoms with van der Waals surface area (Å²) in [7, 11) is -0.736. The molecule has 0 atom stereocenters. The first-order chi connectivity index (χ1) is 13.2. The molecule has 2 rings (SSSR count). The van der Waals surface area contributed by atoms with Crippen molar-refractivity contribution in [2.24, 2.45) is 0 Å². The Hall–Kier alpha value is -2.50. The minimum Gasteiger partial charge on any atom is -0.507 e. The fraction of sp³-hybridized carbons (Fsp3) is 0.524. The summed E-state index contributed by atoms with van der Waals surface area (Å²) in [6.07, 6.45) is 1.09. The number of amides is 1. The van der Waals surface area contributed by atoms with Gasteiger partial charge in [0.15, 0.2) is 0 Å². The second-order valence-corrected chi connectivity index (χ2v) is 9.05. The number of nitriles is 1. The molecule has 0 saturated carbocycles. The lowest BCUT2D eigenvalue weighted by atomic mass is 9.77. The molecule has 1 saturated heterocycles. The Bertz CT molecular complexity index is 834. The molecule has 1 heterocycles. The average Bonchev–Trinajstić information content (AvgIpc) is 2.79. The molecule has 8 heteroatoms. The molecule has 1 aromatic rings. The third kappa shape index (κ3) is 5.75. The quantitative estimate of drug-likeness (QED) is 0.746. The van der Waals surface area contributed by atoms with Gasteiger partial charge in [0.2, 0.25) is 0 Å². The molecule has 1 amide bonds. The predicted octanol–water partition coefficient (Wildman–Crippen LogP) is 3.80. The molecule has 2 N–H and O–H groups in total. The number of aromatic hydroxyl groups is 1. The van der Waals surface area contributed by atoms with Crippen molar-refractivity contribution in [3.05, 3.63) is 34.8 Å². The molecule has 0 bridgehead atoms. The molecule has 29 heavy (non-hydrogen) atoms. The minimum absolute atomic E-state index is 0.00952. The van der Waals surface area contributed by atoms with Crippen LogP contribution in [-0.2, 0) is 14.0 Å². The lowest BCUT2D eigenvalue weighted by Gasteiger charge is -2.32. The van der Waals surface area contributed by atoms with E-state index in [1.807, 2.05) is 33.8 Å². The lowest BCUT2D eigenvalue weighted by molar-refractivity contribution is 0.00578. The van der Waals surface area contributed by atoms with Gasteiger partial charge in [-0.25, -0.2) is 4.79 Å². The number of hydrogen-bond donors (Lipinski definition) is 2. The summed E-state index contributed by atoms with van der Waals surface area (Å²) in [4.78, 5) is 12.1. The number of ether oxygens (including phenoxy) is 1. The van der Waals surface area contributed by atoms with Crippen molar-refractivity contribution < 1.29 is 23.9 Å². The van der Waals surface area contributed by atoms with Crippen LogP contribution in [0.5, 0.6) is 5.75 Å². The number of nitrogens with one attached hydrogen (secondary N) is 1. The molecular weight excluding hydrogens is 371 g/mol. The van der Waals surface area contributed by atoms with E-state index in [1.165, 1.54) is 12.1 Å². The third-order valence-corrected chi connectivity index (χ3v) is 4.89. The number of phenolic OH excluding ortho intramolecular Hbond substituents is 1. The van der Waals surface area contributed by atoms with Crippen molar-refractivity contribution in [3.63, 3.8) is 0 Å². The van der Waals surface area contributed by atoms with Crippen LogP contribution >= 0.6 is 0 Å². The van der Waals surface area contributed by atoms with E-state index in [2.05, 4.69) is 5.32 Å². The van der Waals surface area contributed by atoms with Gasteiger partial charge in [0.25, 0.3) is 0 Å². The predicted molar refractivity (Wildman–Crippen MR) is 111 cm³/mol. The molecule has 1 aliphatic heterocycles. The molecule has 0 radical (unpaired) electrons. The van der Waals surface area contributed by atoms with Gasteiger partial charge in [-0.3, -0.25) is 0 Å². The molecule has 0 aromatic heterocycles. The van der Waals surface area contributed by atoms with Gasteiger partial charge in [0.05, 0.1) is 22.8 Å². The van der Waals surface area contributed by atoms with Gasteiger partial charge in [-0.2, -0.15) is 5.26 Å². The summed E-state index contributed by atoms with van der Waals surface area (Å²) < 4.78 is 17.5. The Balaban J connectivity index is 2.34. The lowest BCUT2D eigenvalue weighted by Crippen LogP contribution is -2.41. The fourth-order valence-corrected chi connectivity index (χ4v) is 2.62. The van der Waals surface area contributed by atoms with E-state index in [0.717, 1.165) is 0 Å². The topological polar surface area (TPSA) is 101 Å². The highest BCUT2D eigenvalue weighted by Gasteiger charge is 2.52. The molecule has 1 fully saturated rings. The maximum Gasteiger partial charge on any atom is 0.492 e. The summed E-state index contributed by atoms with van der Waals surface area (Å²) in [5, 5.41) is 22.1. The maximum absolute atomic E-state index is 12.1. The van der Waals surface area contributed by atoms with Gasteiger partial charge >= 0.3 is 13.2 Å². The number of alkyl carbamates (subject to hydrolysis) is 1. The van der Waals surface area contributed by atoms with Crippen molar-refractivity contribution in [3.8, 4) is 11.8 Å². The molecule has 0 aliphatic carbocycles. The van der Waals surface area contributed by atoms with Crippen molar-refractivity contribution in [2.45, 2.75) is 65.3 Å². The van der Waals surface area contributed by atoms with Crippen LogP contribution in [0.1, 0.15) is 59.6 Å². The summed E-state index contributed by atoms with van der Waals surface area (Å²) in [5.41, 5.74) is -0.349. The van der Waals surface area contributed by atoms with Gasteiger partial charge in [0, 0.05) is 12.1 Å². The fourth-order valence-electron chi connectivity index (χ4n) is 2.62. The molecule has 1 aliphatic rings. The second kappa shape index (κ2) is 8.09. The first-order valence-electron chi connectivity index (χ1n) is 9.50. The standard InChI is InChI=1S/C21H29BN2O5/c1-19(2,3)27-18(26)24-13-16(22-28-20(4,5)21(6,7)29-22)11-15-10-14(12-23)8-9-17(15)25/h8-11,25H,13H2,1-7H3,(H,24,26). The summed E-state index contributed by atoms with van der Waals surface area (Å²) >= 11 is 0. The van der Waals surface area contributed by atoms with Crippen molar-refractivity contribution >= 4 is 19.3 Å². The van der Waals surface area contributed by atoms with Crippen LogP contribution in [0.4, 0.5) is 4.79 Å². The zero-order valence-electron chi connectivity index (χ0n) is 18.1. The Morgan fingerprint density at radius 2 is 1.86 bits per heavy atom. The van der Waals surface area contributed by atoms with Gasteiger partial charge in [-0.15, -0.1) is 0 Å². The Labute approximate surface area is 172 Å². The van der Waals surface area contributed by atoms with Crippen LogP contribution in [0.2, 0.25) is 0 Å². The monoisotopic (exact) mass is 400 g/mol. The Morgan fingerprint density at radius 1 is 1.28 bits per heavy atom. The normalized spacial score (nSPS) is 18.3. The van der Waals surface area contributed by atoms with Crippen molar-refractivity contribution in [2.75, 3.05) is 6.54 Å². The molecule has 156 valence electrons. The maximum atomic E-state index is 12.1. The summed E-state index contributed by atoms with van der Waals surface area (Å²) in [6.45, 7) is 13.1. The van der Waals surface area contributed by atoms with Crippen LogP contribution in [0.25, 0.3) is 6.08 Å². The first-order valence-corrected chi connectivity index (χ1v) is 9.50. The van der Waals surface area contributed by atoms with Gasteiger partial charge in [-0.1, -0.05) is 6.08 Å². The number of hydrogen-bond acceptors (Lipinski definition) is 6. The Morgan fingerprint density at radius 3 is 2.38 bits per heavy atom. The first kappa shape index (κ1) is 22.8. The minimum atomic E-state index is -0.736. The highest BCUT2D eigenvalue weighted by atomic mass is 16.7. The van der Waals surface area contributed by atoms with Gasteiger partial charge in [0.1, 0.15) is 11.4 Å². The molecule has 0 unspecified atom stereocenters. The van der Waals surface area contributed by atoms with E-state index in [1.54, 1.807) is 32.9 Å². The summed E-state index contributed by atoms with van der Waals surface area (Å²) in [6, 6.07) is 6.59. The zero-order chi connectivity index (χ0) is 22.0. The number of benzene rings is 1. The van der Waals surface area contributed by atoms with Gasteiger partial charge < -0.3 is 24.5 Å². The molecule has 1 aromatic carbocycles. The number of phenols is 1. The average molecular weight is 400 g/mol. The smallest absolute Gasteiger partial charge is 0.492 e. The number of rotatable bonds is 4. The van der Waals surface area contributed by atoms with E-state index in [9.17, 15) is 9.90 Å². The van der Waals surface area contributed by atoms with Crippen LogP contribution in [0.3, 0.4) is 0 Å². The molecule has 7 nitrogen and oxygen atoms in total. The highest BCUT2D eigenvalue weighted by molar-refractivity contribution is 6.56. The van der Waals surface area contributed by atoms with Crippen LogP contribution in [0.15, 0.2) is 23.7 Å². The van der Waals surface area contributed by atoms with Crippen LogP contribution in [0, 0.1) is 11.3 Å². The number of nitrogens with zero attached hydrogens (tertiary/aromatic N) is 1. The number of carbonyl (C=O) groups excluding carboxylic acids is 1. The molecular formula is C21H29BN2O5. The Kier molecular flexibility index (Phi) is 6.36. The van der Waals surface area contributed by atoms with Crippen LogP contribution < -0.4 is 5.32 Å². The van der Waals surface area contributed by atoms with Crippen LogP contribution in [-0.4, -0.2) is 41.7 Å². The van der Waals surface area contributed by atoms with Crippen molar-refractivity contribution in [1.82, 2.24) is 5.32 Å². The van der Waals surface area contributed by atoms with E-state index >= 15 is 0 Å². The SMILES string of the molecule is CC(C)(C)OC(=O)NCC(=Cc1cc(C#N)ccc1O)B1OC(C)(C)C(C)(C)O1. The summed E-state index contributed by atoms with van der Waals surface area (Å²) in [5.74, 6) is 0.00952. The zero-order valence-corrected chi connectivity index (χ0v) is 18.1. The van der Waals surface area contributed by atoms with Crippen molar-refractivity contribution in [1.29, 1.82) is 5.26 Å². The number of carbonyl (C=O) groups is 1. The second-order valence-electron chi connectivity index (χ2n) is 9.05. The van der Waals surface area contributed by atoms with E-state index in [0.29, 0.717) is 16.6 Å². The van der Waals surface area contributed by atoms with E-state index < -0.39 is 30.0 Å². The highest BCUT2D eigenvalue weighted by Crippen LogP contribution is 2.39. The van der Waals surface area contributed by atoms with Gasteiger partial charge in [-0.05, 0) is 72.1 Å². The largest absolute Gasteiger partial charge is 0.507 e. The molecule has 0 spiro atoms. The van der Waals surface area contributed by atoms with E-state index in [-0.39, 0.29) is 12.3 Å².